The van der Waals surface area contributed by atoms with Gasteiger partial charge in [0.15, 0.2) is 0 Å². The van der Waals surface area contributed by atoms with Crippen molar-refractivity contribution < 1.29 is 17.9 Å². The topological polar surface area (TPSA) is 21.3 Å². The normalized spacial score (nSPS) is 17.4. The summed E-state index contributed by atoms with van der Waals surface area (Å²) < 4.78 is 43.0. The highest BCUT2D eigenvalue weighted by Gasteiger charge is 2.30. The second-order valence-electron chi connectivity index (χ2n) is 4.86. The van der Waals surface area contributed by atoms with Crippen molar-refractivity contribution in [1.82, 2.24) is 5.32 Å². The van der Waals surface area contributed by atoms with Crippen LogP contribution in [-0.2, 0) is 6.18 Å². The first-order chi connectivity index (χ1) is 9.05. The number of hydrogen-bond donors (Lipinski definition) is 1. The van der Waals surface area contributed by atoms with Crippen LogP contribution in [0.4, 0.5) is 13.2 Å². The molecule has 0 unspecified atom stereocenters. The van der Waals surface area contributed by atoms with Crippen LogP contribution in [0.5, 0.6) is 5.75 Å². The summed E-state index contributed by atoms with van der Waals surface area (Å²) in [6.07, 6.45) is -1.18. The molecule has 0 amide bonds. The minimum Gasteiger partial charge on any atom is -0.494 e. The van der Waals surface area contributed by atoms with Gasteiger partial charge >= 0.3 is 6.18 Å². The average molecular weight is 273 g/mol. The minimum absolute atomic E-state index is 0.295. The largest absolute Gasteiger partial charge is 0.494 e. The summed E-state index contributed by atoms with van der Waals surface area (Å²) in [5, 5.41) is 3.28. The van der Waals surface area contributed by atoms with E-state index in [0.717, 1.165) is 44.5 Å². The fourth-order valence-corrected chi connectivity index (χ4v) is 2.28. The molecule has 0 spiro atoms. The molecule has 0 saturated carbocycles. The Labute approximate surface area is 111 Å². The van der Waals surface area contributed by atoms with Crippen molar-refractivity contribution in [3.05, 3.63) is 29.8 Å². The number of piperidine rings is 1. The van der Waals surface area contributed by atoms with Crippen LogP contribution < -0.4 is 10.1 Å². The van der Waals surface area contributed by atoms with E-state index in [1.165, 1.54) is 6.07 Å². The molecule has 1 aromatic rings. The van der Waals surface area contributed by atoms with Gasteiger partial charge in [-0.25, -0.2) is 0 Å². The van der Waals surface area contributed by atoms with E-state index in [1.54, 1.807) is 6.07 Å². The van der Waals surface area contributed by atoms with Gasteiger partial charge in [-0.15, -0.1) is 0 Å². The van der Waals surface area contributed by atoms with Gasteiger partial charge in [0.25, 0.3) is 0 Å². The number of rotatable bonds is 4. The Morgan fingerprint density at radius 3 is 2.63 bits per heavy atom. The average Bonchev–Trinajstić information content (AvgIpc) is 2.39. The van der Waals surface area contributed by atoms with Gasteiger partial charge in [0.05, 0.1) is 12.2 Å². The standard InChI is InChI=1S/C14H18F3NO/c15-14(16,17)12-2-1-3-13(10-12)19-9-6-11-4-7-18-8-5-11/h1-3,10-11,18H,4-9H2. The third kappa shape index (κ3) is 4.42. The number of halogens is 3. The van der Waals surface area contributed by atoms with Crippen molar-refractivity contribution in [3.8, 4) is 5.75 Å². The predicted molar refractivity (Wildman–Crippen MR) is 67.1 cm³/mol. The van der Waals surface area contributed by atoms with E-state index in [9.17, 15) is 13.2 Å². The molecule has 0 atom stereocenters. The number of benzene rings is 1. The summed E-state index contributed by atoms with van der Waals surface area (Å²) in [7, 11) is 0. The molecule has 2 rings (SSSR count). The summed E-state index contributed by atoms with van der Waals surface area (Å²) in [5.74, 6) is 0.913. The van der Waals surface area contributed by atoms with Gasteiger partial charge in [0.1, 0.15) is 5.75 Å². The van der Waals surface area contributed by atoms with Crippen molar-refractivity contribution in [2.24, 2.45) is 5.92 Å². The second kappa shape index (κ2) is 6.28. The lowest BCUT2D eigenvalue weighted by Crippen LogP contribution is -2.28. The number of hydrogen-bond acceptors (Lipinski definition) is 2. The highest BCUT2D eigenvalue weighted by atomic mass is 19.4. The van der Waals surface area contributed by atoms with Crippen molar-refractivity contribution in [2.45, 2.75) is 25.4 Å². The molecule has 0 aliphatic carbocycles. The zero-order chi connectivity index (χ0) is 13.7. The Balaban J connectivity index is 1.82. The Morgan fingerprint density at radius 1 is 1.21 bits per heavy atom. The lowest BCUT2D eigenvalue weighted by Gasteiger charge is -2.22. The monoisotopic (exact) mass is 273 g/mol. The molecule has 0 radical (unpaired) electrons. The maximum absolute atomic E-state index is 12.5. The van der Waals surface area contributed by atoms with Gasteiger partial charge in [-0.1, -0.05) is 6.07 Å². The van der Waals surface area contributed by atoms with E-state index in [4.69, 9.17) is 4.74 Å². The molecule has 1 saturated heterocycles. The quantitative estimate of drug-likeness (QED) is 0.907. The molecular weight excluding hydrogens is 255 g/mol. The summed E-state index contributed by atoms with van der Waals surface area (Å²) in [4.78, 5) is 0. The first-order valence-corrected chi connectivity index (χ1v) is 6.56. The van der Waals surface area contributed by atoms with Crippen molar-refractivity contribution in [2.75, 3.05) is 19.7 Å². The SMILES string of the molecule is FC(F)(F)c1cccc(OCCC2CCNCC2)c1. The van der Waals surface area contributed by atoms with Gasteiger partial charge < -0.3 is 10.1 Å². The maximum Gasteiger partial charge on any atom is 0.416 e. The van der Waals surface area contributed by atoms with E-state index in [-0.39, 0.29) is 0 Å². The summed E-state index contributed by atoms with van der Waals surface area (Å²) in [6, 6.07) is 5.06. The lowest BCUT2D eigenvalue weighted by molar-refractivity contribution is -0.137. The molecule has 2 nitrogen and oxygen atoms in total. The minimum atomic E-state index is -4.31. The molecule has 5 heteroatoms. The Hall–Kier alpha value is -1.23. The molecule has 1 heterocycles. The van der Waals surface area contributed by atoms with Crippen LogP contribution in [0.3, 0.4) is 0 Å². The third-order valence-corrected chi connectivity index (χ3v) is 3.41. The predicted octanol–water partition coefficient (Wildman–Crippen LogP) is 3.47. The molecular formula is C14H18F3NO. The van der Waals surface area contributed by atoms with Gasteiger partial charge in [-0.05, 0) is 56.5 Å². The Bertz CT molecular complexity index is 400. The van der Waals surface area contributed by atoms with Crippen LogP contribution in [0.1, 0.15) is 24.8 Å². The van der Waals surface area contributed by atoms with E-state index < -0.39 is 11.7 Å². The van der Waals surface area contributed by atoms with Gasteiger partial charge in [-0.3, -0.25) is 0 Å². The molecule has 0 aromatic heterocycles. The van der Waals surface area contributed by atoms with Gasteiger partial charge in [0, 0.05) is 0 Å². The second-order valence-corrected chi connectivity index (χ2v) is 4.86. The summed E-state index contributed by atoms with van der Waals surface area (Å²) >= 11 is 0. The number of alkyl halides is 3. The zero-order valence-corrected chi connectivity index (χ0v) is 10.7. The number of ether oxygens (including phenoxy) is 1. The summed E-state index contributed by atoms with van der Waals surface area (Å²) in [5.41, 5.74) is -0.660. The molecule has 1 fully saturated rings. The van der Waals surface area contributed by atoms with E-state index >= 15 is 0 Å². The van der Waals surface area contributed by atoms with E-state index in [0.29, 0.717) is 18.3 Å². The Kier molecular flexibility index (Phi) is 4.69. The number of nitrogens with one attached hydrogen (secondary N) is 1. The van der Waals surface area contributed by atoms with Crippen LogP contribution in [0.15, 0.2) is 24.3 Å². The fraction of sp³-hybridized carbons (Fsp3) is 0.571. The zero-order valence-electron chi connectivity index (χ0n) is 10.7. The smallest absolute Gasteiger partial charge is 0.416 e. The molecule has 1 aliphatic rings. The molecule has 106 valence electrons. The van der Waals surface area contributed by atoms with Crippen LogP contribution in [-0.4, -0.2) is 19.7 Å². The third-order valence-electron chi connectivity index (χ3n) is 3.41. The van der Waals surface area contributed by atoms with Crippen LogP contribution in [0, 0.1) is 5.92 Å². The van der Waals surface area contributed by atoms with Crippen molar-refractivity contribution >= 4 is 0 Å². The maximum atomic E-state index is 12.5. The molecule has 1 N–H and O–H groups in total. The molecule has 19 heavy (non-hydrogen) atoms. The van der Waals surface area contributed by atoms with E-state index in [1.807, 2.05) is 0 Å². The van der Waals surface area contributed by atoms with Gasteiger partial charge in [0.2, 0.25) is 0 Å². The molecule has 0 bridgehead atoms. The fourth-order valence-electron chi connectivity index (χ4n) is 2.28. The van der Waals surface area contributed by atoms with Crippen molar-refractivity contribution in [3.63, 3.8) is 0 Å². The van der Waals surface area contributed by atoms with Gasteiger partial charge in [-0.2, -0.15) is 13.2 Å². The highest BCUT2D eigenvalue weighted by Crippen LogP contribution is 2.31. The Morgan fingerprint density at radius 2 is 1.95 bits per heavy atom. The van der Waals surface area contributed by atoms with Crippen LogP contribution in [0.25, 0.3) is 0 Å². The van der Waals surface area contributed by atoms with Crippen molar-refractivity contribution in [1.29, 1.82) is 0 Å². The lowest BCUT2D eigenvalue weighted by atomic mass is 9.95. The van der Waals surface area contributed by atoms with E-state index in [2.05, 4.69) is 5.32 Å². The molecule has 1 aromatic carbocycles. The summed E-state index contributed by atoms with van der Waals surface area (Å²) in [6.45, 7) is 2.52. The highest BCUT2D eigenvalue weighted by molar-refractivity contribution is 5.30. The van der Waals surface area contributed by atoms with Crippen LogP contribution >= 0.6 is 0 Å². The molecule has 1 aliphatic heterocycles. The first kappa shape index (κ1) is 14.2. The van der Waals surface area contributed by atoms with Crippen LogP contribution in [0.2, 0.25) is 0 Å². The first-order valence-electron chi connectivity index (χ1n) is 6.56.